The molecule has 5 heteroatoms. The second-order valence-corrected chi connectivity index (χ2v) is 2.20. The van der Waals surface area contributed by atoms with Gasteiger partial charge in [0, 0.05) is 25.5 Å². The van der Waals surface area contributed by atoms with E-state index in [1.54, 1.807) is 0 Å². The molecule has 0 bridgehead atoms. The van der Waals surface area contributed by atoms with Crippen molar-refractivity contribution < 1.29 is 4.79 Å². The van der Waals surface area contributed by atoms with Gasteiger partial charge in [-0.1, -0.05) is 0 Å². The Morgan fingerprint density at radius 1 is 1.75 bits per heavy atom. The minimum absolute atomic E-state index is 0.232. The molecule has 0 saturated carbocycles. The van der Waals surface area contributed by atoms with E-state index in [0.717, 1.165) is 5.01 Å². The van der Waals surface area contributed by atoms with E-state index < -0.39 is 6.03 Å². The van der Waals surface area contributed by atoms with Gasteiger partial charge in [-0.05, 0) is 0 Å². The molecule has 1 aromatic rings. The second kappa shape index (κ2) is 3.08. The molecule has 0 aromatic carbocycles. The van der Waals surface area contributed by atoms with Crippen LogP contribution in [0.15, 0.2) is 23.3 Å². The largest absolute Gasteiger partial charge is 0.350 e. The van der Waals surface area contributed by atoms with Gasteiger partial charge in [0.1, 0.15) is 0 Å². The average molecular weight is 166 g/mol. The molecular formula is C7H8N3O2. The van der Waals surface area contributed by atoms with E-state index in [4.69, 9.17) is 5.73 Å². The zero-order valence-electron chi connectivity index (χ0n) is 6.52. The van der Waals surface area contributed by atoms with Crippen LogP contribution in [-0.4, -0.2) is 17.8 Å². The predicted molar refractivity (Wildman–Crippen MR) is 43.3 cm³/mol. The van der Waals surface area contributed by atoms with Gasteiger partial charge >= 0.3 is 6.03 Å². The fourth-order valence-corrected chi connectivity index (χ4v) is 0.665. The summed E-state index contributed by atoms with van der Waals surface area (Å²) in [7, 11) is 1.49. The number of urea groups is 1. The van der Waals surface area contributed by atoms with Crippen LogP contribution in [0.25, 0.3) is 0 Å². The Morgan fingerprint density at radius 3 is 2.83 bits per heavy atom. The summed E-state index contributed by atoms with van der Waals surface area (Å²) in [4.78, 5) is 21.2. The van der Waals surface area contributed by atoms with Gasteiger partial charge in [0.15, 0.2) is 5.43 Å². The van der Waals surface area contributed by atoms with Crippen molar-refractivity contribution >= 4 is 6.03 Å². The van der Waals surface area contributed by atoms with Gasteiger partial charge in [-0.25, -0.2) is 9.80 Å². The van der Waals surface area contributed by atoms with E-state index in [2.05, 4.69) is 6.07 Å². The summed E-state index contributed by atoms with van der Waals surface area (Å²) >= 11 is 0. The summed E-state index contributed by atoms with van der Waals surface area (Å²) in [6, 6.07) is 3.08. The highest BCUT2D eigenvalue weighted by Gasteiger charge is 2.01. The highest BCUT2D eigenvalue weighted by Crippen LogP contribution is 1.84. The first-order valence-electron chi connectivity index (χ1n) is 3.24. The number of amides is 2. The van der Waals surface area contributed by atoms with Crippen molar-refractivity contribution in [2.45, 2.75) is 0 Å². The lowest BCUT2D eigenvalue weighted by Crippen LogP contribution is -2.40. The topological polar surface area (TPSA) is 68.3 Å². The van der Waals surface area contributed by atoms with Crippen LogP contribution in [0.1, 0.15) is 0 Å². The zero-order chi connectivity index (χ0) is 9.14. The third-order valence-electron chi connectivity index (χ3n) is 1.38. The summed E-state index contributed by atoms with van der Waals surface area (Å²) in [5.74, 6) is 0. The quantitative estimate of drug-likeness (QED) is 0.599. The van der Waals surface area contributed by atoms with E-state index in [-0.39, 0.29) is 5.43 Å². The van der Waals surface area contributed by atoms with Crippen LogP contribution in [-0.2, 0) is 0 Å². The number of hydrogen-bond acceptors (Lipinski definition) is 2. The van der Waals surface area contributed by atoms with Gasteiger partial charge in [0.05, 0.1) is 6.07 Å². The smallest absolute Gasteiger partial charge is 0.333 e. The molecule has 0 aliphatic rings. The predicted octanol–water partition coefficient (Wildman–Crippen LogP) is -0.705. The second-order valence-electron chi connectivity index (χ2n) is 2.20. The molecule has 0 saturated heterocycles. The number of primary amides is 1. The fourth-order valence-electron chi connectivity index (χ4n) is 0.665. The van der Waals surface area contributed by atoms with Crippen LogP contribution < -0.4 is 16.2 Å². The third-order valence-corrected chi connectivity index (χ3v) is 1.38. The standard InChI is InChI=1S/C7H8N3O2/c1-9(7(8)12)10-4-2-6(11)3-5-10/h2,4-5H,1H3,(H2,8,12). The fraction of sp³-hybridized carbons (Fsp3) is 0.143. The Labute approximate surface area is 69.0 Å². The molecule has 12 heavy (non-hydrogen) atoms. The van der Waals surface area contributed by atoms with Crippen LogP contribution in [0.4, 0.5) is 4.79 Å². The number of rotatable bonds is 1. The Kier molecular flexibility index (Phi) is 2.14. The minimum Gasteiger partial charge on any atom is -0.350 e. The molecule has 0 aliphatic carbocycles. The normalized spacial score (nSPS) is 9.42. The summed E-state index contributed by atoms with van der Waals surface area (Å²) in [6.07, 6.45) is 2.77. The van der Waals surface area contributed by atoms with Crippen molar-refractivity contribution in [3.05, 3.63) is 34.7 Å². The Balaban J connectivity index is 2.97. The van der Waals surface area contributed by atoms with Crippen LogP contribution in [0, 0.1) is 6.07 Å². The van der Waals surface area contributed by atoms with E-state index in [9.17, 15) is 9.59 Å². The van der Waals surface area contributed by atoms with E-state index in [1.807, 2.05) is 0 Å². The average Bonchev–Trinajstić information content (AvgIpc) is 2.04. The van der Waals surface area contributed by atoms with E-state index in [1.165, 1.54) is 30.2 Å². The van der Waals surface area contributed by atoms with Crippen LogP contribution in [0.5, 0.6) is 0 Å². The van der Waals surface area contributed by atoms with Gasteiger partial charge in [-0.2, -0.15) is 0 Å². The first-order chi connectivity index (χ1) is 5.61. The number of hydrogen-bond donors (Lipinski definition) is 1. The lowest BCUT2D eigenvalue weighted by molar-refractivity contribution is 0.250. The van der Waals surface area contributed by atoms with Crippen molar-refractivity contribution in [3.8, 4) is 0 Å². The number of carbonyl (C=O) groups is 1. The summed E-state index contributed by atoms with van der Waals surface area (Å²) in [5.41, 5.74) is 4.75. The number of nitrogens with two attached hydrogens (primary N) is 1. The van der Waals surface area contributed by atoms with Crippen molar-refractivity contribution in [2.24, 2.45) is 5.73 Å². The molecule has 0 aliphatic heterocycles. The first-order valence-corrected chi connectivity index (χ1v) is 3.24. The molecule has 2 N–H and O–H groups in total. The van der Waals surface area contributed by atoms with E-state index in [0.29, 0.717) is 0 Å². The maximum atomic E-state index is 10.6. The third kappa shape index (κ3) is 1.63. The lowest BCUT2D eigenvalue weighted by Gasteiger charge is -2.16. The molecule has 2 amide bonds. The van der Waals surface area contributed by atoms with Gasteiger partial charge in [0.2, 0.25) is 0 Å². The highest BCUT2D eigenvalue weighted by atomic mass is 16.2. The maximum Gasteiger partial charge on any atom is 0.333 e. The molecule has 5 nitrogen and oxygen atoms in total. The summed E-state index contributed by atoms with van der Waals surface area (Å²) < 4.78 is 1.36. The van der Waals surface area contributed by atoms with Crippen LogP contribution in [0.3, 0.4) is 0 Å². The number of aromatic nitrogens is 1. The molecule has 1 rings (SSSR count). The van der Waals surface area contributed by atoms with Gasteiger partial charge in [-0.3, -0.25) is 9.47 Å². The zero-order valence-corrected chi connectivity index (χ0v) is 6.52. The Morgan fingerprint density at radius 2 is 2.42 bits per heavy atom. The number of pyridine rings is 1. The molecule has 0 atom stereocenters. The Hall–Kier alpha value is -1.78. The van der Waals surface area contributed by atoms with Crippen molar-refractivity contribution in [1.82, 2.24) is 4.68 Å². The molecule has 0 spiro atoms. The summed E-state index contributed by atoms with van der Waals surface area (Å²) in [5, 5.41) is 1.15. The lowest BCUT2D eigenvalue weighted by atomic mass is 10.5. The first kappa shape index (κ1) is 8.32. The molecular weight excluding hydrogens is 158 g/mol. The SMILES string of the molecule is CN(C(N)=O)n1c[c]c(=O)cc1. The van der Waals surface area contributed by atoms with Gasteiger partial charge < -0.3 is 5.73 Å². The molecule has 63 valence electrons. The number of nitrogens with zero attached hydrogens (tertiary/aromatic N) is 2. The van der Waals surface area contributed by atoms with E-state index >= 15 is 0 Å². The Bertz CT molecular complexity index is 324. The molecule has 1 heterocycles. The van der Waals surface area contributed by atoms with Crippen LogP contribution >= 0.6 is 0 Å². The summed E-state index contributed by atoms with van der Waals surface area (Å²) in [6.45, 7) is 0. The van der Waals surface area contributed by atoms with Gasteiger partial charge in [0.25, 0.3) is 0 Å². The monoisotopic (exact) mass is 166 g/mol. The molecule has 0 unspecified atom stereocenters. The molecule has 0 fully saturated rings. The number of carbonyl (C=O) groups excluding carboxylic acids is 1. The van der Waals surface area contributed by atoms with Crippen molar-refractivity contribution in [3.63, 3.8) is 0 Å². The molecule has 1 radical (unpaired) electrons. The van der Waals surface area contributed by atoms with Crippen LogP contribution in [0.2, 0.25) is 0 Å². The van der Waals surface area contributed by atoms with Crippen molar-refractivity contribution in [2.75, 3.05) is 12.1 Å². The highest BCUT2D eigenvalue weighted by molar-refractivity contribution is 5.81. The maximum absolute atomic E-state index is 10.6. The van der Waals surface area contributed by atoms with Crippen molar-refractivity contribution in [1.29, 1.82) is 0 Å². The molecule has 1 aromatic heterocycles. The van der Waals surface area contributed by atoms with Gasteiger partial charge in [-0.15, -0.1) is 0 Å². The minimum atomic E-state index is -0.605.